The summed E-state index contributed by atoms with van der Waals surface area (Å²) in [4.78, 5) is 22.9. The number of nitro benzene ring substituents is 1. The lowest BCUT2D eigenvalue weighted by atomic mass is 10.1. The molecule has 1 heterocycles. The van der Waals surface area contributed by atoms with Crippen LogP contribution in [0.2, 0.25) is 0 Å². The fourth-order valence-electron chi connectivity index (χ4n) is 2.44. The van der Waals surface area contributed by atoms with Gasteiger partial charge >= 0.3 is 0 Å². The van der Waals surface area contributed by atoms with Gasteiger partial charge in [0.25, 0.3) is 11.6 Å². The standard InChI is InChI=1S/C17H13N3O4S/c1-10-11-6-2-5-9-14(11)24-15(10)16(21)19-17(25)18-12-7-3-4-8-13(12)20(22)23/h2-9H,1H3,(H2,18,19,21,25). The Kier molecular flexibility index (Phi) is 4.44. The van der Waals surface area contributed by atoms with E-state index in [1.165, 1.54) is 12.1 Å². The summed E-state index contributed by atoms with van der Waals surface area (Å²) in [5.41, 5.74) is 1.35. The second kappa shape index (κ2) is 6.70. The van der Waals surface area contributed by atoms with E-state index < -0.39 is 10.8 Å². The third-order valence-corrected chi connectivity index (χ3v) is 3.83. The highest BCUT2D eigenvalue weighted by atomic mass is 32.1. The number of hydrogen-bond donors (Lipinski definition) is 2. The van der Waals surface area contributed by atoms with E-state index in [-0.39, 0.29) is 22.2 Å². The molecular formula is C17H13N3O4S. The van der Waals surface area contributed by atoms with Crippen molar-refractivity contribution in [3.8, 4) is 0 Å². The van der Waals surface area contributed by atoms with Crippen LogP contribution in [0.4, 0.5) is 11.4 Å². The molecule has 126 valence electrons. The van der Waals surface area contributed by atoms with Crippen molar-refractivity contribution in [1.29, 1.82) is 0 Å². The van der Waals surface area contributed by atoms with E-state index in [1.807, 2.05) is 18.2 Å². The molecule has 0 aliphatic heterocycles. The number of nitrogens with one attached hydrogen (secondary N) is 2. The number of nitro groups is 1. The normalized spacial score (nSPS) is 10.4. The molecule has 1 aromatic heterocycles. The number of amides is 1. The number of benzene rings is 2. The number of furan rings is 1. The van der Waals surface area contributed by atoms with E-state index in [0.717, 1.165) is 5.39 Å². The van der Waals surface area contributed by atoms with Gasteiger partial charge in [-0.3, -0.25) is 20.2 Å². The number of carbonyl (C=O) groups is 1. The molecule has 2 aromatic carbocycles. The molecule has 0 aliphatic carbocycles. The number of aryl methyl sites for hydroxylation is 1. The summed E-state index contributed by atoms with van der Waals surface area (Å²) >= 11 is 5.08. The lowest BCUT2D eigenvalue weighted by Crippen LogP contribution is -2.34. The Morgan fingerprint density at radius 1 is 1.16 bits per heavy atom. The molecule has 0 fully saturated rings. The van der Waals surface area contributed by atoms with Crippen LogP contribution in [-0.4, -0.2) is 15.9 Å². The first-order chi connectivity index (χ1) is 12.0. The maximum Gasteiger partial charge on any atom is 0.293 e. The van der Waals surface area contributed by atoms with E-state index in [2.05, 4.69) is 10.6 Å². The summed E-state index contributed by atoms with van der Waals surface area (Å²) in [7, 11) is 0. The highest BCUT2D eigenvalue weighted by Crippen LogP contribution is 2.25. The predicted molar refractivity (Wildman–Crippen MR) is 97.7 cm³/mol. The molecule has 0 saturated heterocycles. The minimum absolute atomic E-state index is 0.0563. The zero-order valence-electron chi connectivity index (χ0n) is 13.1. The van der Waals surface area contributed by atoms with E-state index in [9.17, 15) is 14.9 Å². The van der Waals surface area contributed by atoms with Crippen LogP contribution in [0.3, 0.4) is 0 Å². The fourth-order valence-corrected chi connectivity index (χ4v) is 2.65. The van der Waals surface area contributed by atoms with E-state index >= 15 is 0 Å². The van der Waals surface area contributed by atoms with Crippen LogP contribution in [0.15, 0.2) is 52.9 Å². The minimum Gasteiger partial charge on any atom is -0.451 e. The summed E-state index contributed by atoms with van der Waals surface area (Å²) in [6.07, 6.45) is 0. The molecule has 0 spiro atoms. The first-order valence-corrected chi connectivity index (χ1v) is 7.72. The third-order valence-electron chi connectivity index (χ3n) is 3.63. The SMILES string of the molecule is Cc1c(C(=O)NC(=S)Nc2ccccc2[N+](=O)[O-])oc2ccccc12. The highest BCUT2D eigenvalue weighted by Gasteiger charge is 2.19. The largest absolute Gasteiger partial charge is 0.451 e. The summed E-state index contributed by atoms with van der Waals surface area (Å²) in [5.74, 6) is -0.377. The van der Waals surface area contributed by atoms with Crippen molar-refractivity contribution in [2.24, 2.45) is 0 Å². The first kappa shape index (κ1) is 16.6. The maximum absolute atomic E-state index is 12.4. The molecule has 3 rings (SSSR count). The van der Waals surface area contributed by atoms with Crippen molar-refractivity contribution in [3.05, 3.63) is 70.0 Å². The van der Waals surface area contributed by atoms with Crippen molar-refractivity contribution < 1.29 is 14.1 Å². The second-order valence-electron chi connectivity index (χ2n) is 5.23. The van der Waals surface area contributed by atoms with Gasteiger partial charge in [0, 0.05) is 17.0 Å². The van der Waals surface area contributed by atoms with E-state index in [1.54, 1.807) is 25.1 Å². The summed E-state index contributed by atoms with van der Waals surface area (Å²) < 4.78 is 5.57. The zero-order valence-corrected chi connectivity index (χ0v) is 13.9. The van der Waals surface area contributed by atoms with Crippen LogP contribution in [0.5, 0.6) is 0 Å². The quantitative estimate of drug-likeness (QED) is 0.422. The Labute approximate surface area is 147 Å². The Hall–Kier alpha value is -3.26. The Bertz CT molecular complexity index is 996. The first-order valence-electron chi connectivity index (χ1n) is 7.31. The Morgan fingerprint density at radius 2 is 1.84 bits per heavy atom. The Balaban J connectivity index is 1.78. The zero-order chi connectivity index (χ0) is 18.0. The highest BCUT2D eigenvalue weighted by molar-refractivity contribution is 7.80. The van der Waals surface area contributed by atoms with Crippen molar-refractivity contribution >= 4 is 45.6 Å². The van der Waals surface area contributed by atoms with Crippen LogP contribution in [0.1, 0.15) is 16.1 Å². The average Bonchev–Trinajstić information content (AvgIpc) is 2.92. The number of para-hydroxylation sites is 3. The molecule has 3 aromatic rings. The molecular weight excluding hydrogens is 342 g/mol. The molecule has 8 heteroatoms. The predicted octanol–water partition coefficient (Wildman–Crippen LogP) is 3.78. The van der Waals surface area contributed by atoms with Gasteiger partial charge in [0.15, 0.2) is 10.9 Å². The van der Waals surface area contributed by atoms with Crippen molar-refractivity contribution in [3.63, 3.8) is 0 Å². The molecule has 25 heavy (non-hydrogen) atoms. The molecule has 0 unspecified atom stereocenters. The molecule has 0 radical (unpaired) electrons. The van der Waals surface area contributed by atoms with E-state index in [4.69, 9.17) is 16.6 Å². The summed E-state index contributed by atoms with van der Waals surface area (Å²) in [5, 5.41) is 16.9. The van der Waals surface area contributed by atoms with Gasteiger partial charge in [0.2, 0.25) is 0 Å². The van der Waals surface area contributed by atoms with Gasteiger partial charge in [-0.2, -0.15) is 0 Å². The molecule has 0 bridgehead atoms. The van der Waals surface area contributed by atoms with Gasteiger partial charge in [-0.15, -0.1) is 0 Å². The van der Waals surface area contributed by atoms with Crippen molar-refractivity contribution in [2.45, 2.75) is 6.92 Å². The smallest absolute Gasteiger partial charge is 0.293 e. The second-order valence-corrected chi connectivity index (χ2v) is 5.64. The summed E-state index contributed by atoms with van der Waals surface area (Å²) in [6.45, 7) is 1.78. The fraction of sp³-hybridized carbons (Fsp3) is 0.0588. The number of anilines is 1. The van der Waals surface area contributed by atoms with Crippen LogP contribution in [-0.2, 0) is 0 Å². The van der Waals surface area contributed by atoms with Gasteiger partial charge in [0.05, 0.1) is 4.92 Å². The van der Waals surface area contributed by atoms with Gasteiger partial charge in [0.1, 0.15) is 11.3 Å². The molecule has 0 saturated carbocycles. The average molecular weight is 355 g/mol. The number of rotatable bonds is 3. The van der Waals surface area contributed by atoms with Crippen LogP contribution in [0, 0.1) is 17.0 Å². The van der Waals surface area contributed by atoms with Gasteiger partial charge in [-0.05, 0) is 31.3 Å². The van der Waals surface area contributed by atoms with Crippen LogP contribution < -0.4 is 10.6 Å². The summed E-state index contributed by atoms with van der Waals surface area (Å²) in [6, 6.07) is 13.3. The number of hydrogen-bond acceptors (Lipinski definition) is 5. The maximum atomic E-state index is 12.4. The van der Waals surface area contributed by atoms with Gasteiger partial charge in [-0.1, -0.05) is 30.3 Å². The van der Waals surface area contributed by atoms with Crippen molar-refractivity contribution in [2.75, 3.05) is 5.32 Å². The van der Waals surface area contributed by atoms with Gasteiger partial charge in [-0.25, -0.2) is 0 Å². The molecule has 1 amide bonds. The third kappa shape index (κ3) is 3.33. The topological polar surface area (TPSA) is 97.4 Å². The van der Waals surface area contributed by atoms with Crippen molar-refractivity contribution in [1.82, 2.24) is 5.32 Å². The number of thiocarbonyl (C=S) groups is 1. The molecule has 0 aliphatic rings. The van der Waals surface area contributed by atoms with E-state index in [0.29, 0.717) is 11.1 Å². The molecule has 0 atom stereocenters. The number of fused-ring (bicyclic) bond motifs is 1. The number of nitrogens with zero attached hydrogens (tertiary/aromatic N) is 1. The van der Waals surface area contributed by atoms with Crippen LogP contribution >= 0.6 is 12.2 Å². The number of carbonyl (C=O) groups excluding carboxylic acids is 1. The lowest BCUT2D eigenvalue weighted by Gasteiger charge is -2.09. The van der Waals surface area contributed by atoms with Gasteiger partial charge < -0.3 is 9.73 Å². The molecule has 7 nitrogen and oxygen atoms in total. The van der Waals surface area contributed by atoms with Crippen LogP contribution in [0.25, 0.3) is 11.0 Å². The molecule has 2 N–H and O–H groups in total. The minimum atomic E-state index is -0.532. The lowest BCUT2D eigenvalue weighted by molar-refractivity contribution is -0.383. The Morgan fingerprint density at radius 3 is 2.56 bits per heavy atom. The monoisotopic (exact) mass is 355 g/mol.